The Hall–Kier alpha value is -2.95. The van der Waals surface area contributed by atoms with Crippen molar-refractivity contribution < 1.29 is 32.4 Å². The molecular formula is C15H16F3N3O5. The van der Waals surface area contributed by atoms with Gasteiger partial charge in [-0.25, -0.2) is 19.0 Å². The van der Waals surface area contributed by atoms with E-state index in [0.29, 0.717) is 6.42 Å². The summed E-state index contributed by atoms with van der Waals surface area (Å²) in [4.78, 5) is 34.2. The van der Waals surface area contributed by atoms with Crippen LogP contribution in [-0.2, 0) is 9.53 Å². The van der Waals surface area contributed by atoms with Gasteiger partial charge in [-0.3, -0.25) is 14.9 Å². The third-order valence-corrected chi connectivity index (χ3v) is 3.19. The molecule has 1 aromatic carbocycles. The lowest BCUT2D eigenvalue weighted by Crippen LogP contribution is -2.27. The van der Waals surface area contributed by atoms with Gasteiger partial charge in [0.25, 0.3) is 0 Å². The summed E-state index contributed by atoms with van der Waals surface area (Å²) in [7, 11) is 1.38. The molecule has 0 aliphatic carbocycles. The first-order chi connectivity index (χ1) is 12.2. The molecule has 0 fully saturated rings. The Labute approximate surface area is 146 Å². The molecule has 0 radical (unpaired) electrons. The maximum absolute atomic E-state index is 14.4. The van der Waals surface area contributed by atoms with Crippen LogP contribution in [-0.4, -0.2) is 30.3 Å². The van der Waals surface area contributed by atoms with Crippen LogP contribution in [0.25, 0.3) is 0 Å². The third-order valence-electron chi connectivity index (χ3n) is 3.19. The first-order valence-electron chi connectivity index (χ1n) is 7.34. The summed E-state index contributed by atoms with van der Waals surface area (Å²) in [6, 6.07) is 0. The number of nitro groups is 1. The Kier molecular flexibility index (Phi) is 7.26. The number of nitrogens with zero attached hydrogens (tertiary/aromatic N) is 1. The zero-order valence-electron chi connectivity index (χ0n) is 14.1. The van der Waals surface area contributed by atoms with Crippen LogP contribution >= 0.6 is 0 Å². The van der Waals surface area contributed by atoms with E-state index < -0.39 is 56.5 Å². The Balaban J connectivity index is 3.62. The number of nitrogens with one attached hydrogen (secondary N) is 2. The second-order valence-electron chi connectivity index (χ2n) is 4.97. The van der Waals surface area contributed by atoms with Gasteiger partial charge in [0.05, 0.1) is 11.5 Å². The highest BCUT2D eigenvalue weighted by atomic mass is 19.2. The number of halogens is 3. The zero-order valence-corrected chi connectivity index (χ0v) is 14.1. The molecule has 0 saturated carbocycles. The van der Waals surface area contributed by atoms with Crippen molar-refractivity contribution in [2.45, 2.75) is 20.3 Å². The molecular weight excluding hydrogens is 359 g/mol. The van der Waals surface area contributed by atoms with E-state index in [0.717, 1.165) is 13.1 Å². The summed E-state index contributed by atoms with van der Waals surface area (Å²) in [5, 5.41) is 11.1. The van der Waals surface area contributed by atoms with Crippen LogP contribution in [0.2, 0.25) is 0 Å². The molecule has 0 bridgehead atoms. The number of nitro benzene ring substituents is 1. The monoisotopic (exact) mass is 375 g/mol. The van der Waals surface area contributed by atoms with E-state index in [1.165, 1.54) is 7.05 Å². The molecule has 0 spiro atoms. The highest BCUT2D eigenvalue weighted by Gasteiger charge is 2.37. The fourth-order valence-corrected chi connectivity index (χ4v) is 1.91. The number of hydrogen-bond acceptors (Lipinski definition) is 7. The van der Waals surface area contributed by atoms with Gasteiger partial charge in [0, 0.05) is 18.8 Å². The Bertz CT molecular complexity index is 781. The highest BCUT2D eigenvalue weighted by Crippen LogP contribution is 2.32. The number of esters is 1. The molecule has 142 valence electrons. The summed E-state index contributed by atoms with van der Waals surface area (Å²) in [5.74, 6) is -8.17. The Morgan fingerprint density at radius 1 is 1.23 bits per heavy atom. The predicted molar refractivity (Wildman–Crippen MR) is 83.6 cm³/mol. The van der Waals surface area contributed by atoms with E-state index in [4.69, 9.17) is 4.74 Å². The average Bonchev–Trinajstić information content (AvgIpc) is 2.60. The second kappa shape index (κ2) is 8.94. The largest absolute Gasteiger partial charge is 0.462 e. The number of hydrazine groups is 1. The molecule has 1 rings (SSSR count). The van der Waals surface area contributed by atoms with Crippen LogP contribution < -0.4 is 10.9 Å². The standard InChI is InChI=1S/C15H16F3N3O5/c1-4-5-26-15(23)8(6-20-19-3)14(22)9-10(16)7(2)11(17)12(18)13(9)21(24)25/h6,19-20H,4-5H2,1-3H3/b8-6+. The third kappa shape index (κ3) is 4.17. The van der Waals surface area contributed by atoms with Gasteiger partial charge >= 0.3 is 11.7 Å². The van der Waals surface area contributed by atoms with E-state index in [-0.39, 0.29) is 6.61 Å². The molecule has 0 heterocycles. The van der Waals surface area contributed by atoms with Gasteiger partial charge in [0.1, 0.15) is 17.0 Å². The molecule has 0 aromatic heterocycles. The lowest BCUT2D eigenvalue weighted by atomic mass is 9.98. The van der Waals surface area contributed by atoms with Crippen LogP contribution in [0.3, 0.4) is 0 Å². The fourth-order valence-electron chi connectivity index (χ4n) is 1.91. The highest BCUT2D eigenvalue weighted by molar-refractivity contribution is 6.25. The quantitative estimate of drug-likeness (QED) is 0.105. The van der Waals surface area contributed by atoms with Crippen molar-refractivity contribution in [3.63, 3.8) is 0 Å². The molecule has 8 nitrogen and oxygen atoms in total. The van der Waals surface area contributed by atoms with Crippen molar-refractivity contribution in [3.8, 4) is 0 Å². The van der Waals surface area contributed by atoms with Crippen molar-refractivity contribution in [2.75, 3.05) is 13.7 Å². The van der Waals surface area contributed by atoms with Crippen LogP contribution in [0.15, 0.2) is 11.8 Å². The normalized spacial score (nSPS) is 11.2. The summed E-state index contributed by atoms with van der Waals surface area (Å²) >= 11 is 0. The summed E-state index contributed by atoms with van der Waals surface area (Å²) in [6.07, 6.45) is 1.19. The molecule has 0 unspecified atom stereocenters. The van der Waals surface area contributed by atoms with Crippen LogP contribution in [0, 0.1) is 34.5 Å². The number of Topliss-reactive ketones (excluding diaryl/α,β-unsaturated/α-hetero) is 1. The number of rotatable bonds is 8. The molecule has 0 amide bonds. The van der Waals surface area contributed by atoms with E-state index in [1.54, 1.807) is 6.92 Å². The van der Waals surface area contributed by atoms with Crippen molar-refractivity contribution in [1.82, 2.24) is 10.9 Å². The molecule has 0 aliphatic rings. The van der Waals surface area contributed by atoms with Crippen LogP contribution in [0.4, 0.5) is 18.9 Å². The fraction of sp³-hybridized carbons (Fsp3) is 0.333. The topological polar surface area (TPSA) is 111 Å². The van der Waals surface area contributed by atoms with Gasteiger partial charge in [0.15, 0.2) is 5.82 Å². The van der Waals surface area contributed by atoms with Gasteiger partial charge in [-0.2, -0.15) is 4.39 Å². The summed E-state index contributed by atoms with van der Waals surface area (Å²) < 4.78 is 46.7. The van der Waals surface area contributed by atoms with Gasteiger partial charge in [-0.15, -0.1) is 0 Å². The first kappa shape index (κ1) is 21.1. The molecule has 26 heavy (non-hydrogen) atoms. The maximum atomic E-state index is 14.4. The minimum absolute atomic E-state index is 0.0790. The Morgan fingerprint density at radius 3 is 2.35 bits per heavy atom. The molecule has 0 atom stereocenters. The molecule has 11 heteroatoms. The van der Waals surface area contributed by atoms with E-state index in [1.807, 2.05) is 0 Å². The summed E-state index contributed by atoms with van der Waals surface area (Å²) in [5.41, 5.74) is -0.213. The molecule has 0 saturated heterocycles. The lowest BCUT2D eigenvalue weighted by Gasteiger charge is -2.11. The second-order valence-corrected chi connectivity index (χ2v) is 4.97. The molecule has 2 N–H and O–H groups in total. The minimum atomic E-state index is -2.00. The average molecular weight is 375 g/mol. The number of ketones is 1. The predicted octanol–water partition coefficient (Wildman–Crippen LogP) is 2.06. The number of ether oxygens (including phenoxy) is 1. The van der Waals surface area contributed by atoms with Gasteiger partial charge < -0.3 is 10.2 Å². The maximum Gasteiger partial charge on any atom is 0.343 e. The summed E-state index contributed by atoms with van der Waals surface area (Å²) in [6.45, 7) is 2.40. The van der Waals surface area contributed by atoms with Gasteiger partial charge in [-0.1, -0.05) is 6.92 Å². The van der Waals surface area contributed by atoms with Crippen LogP contribution in [0.5, 0.6) is 0 Å². The van der Waals surface area contributed by atoms with Crippen molar-refractivity contribution >= 4 is 17.4 Å². The number of hydrogen-bond donors (Lipinski definition) is 2. The van der Waals surface area contributed by atoms with E-state index >= 15 is 0 Å². The van der Waals surface area contributed by atoms with Crippen molar-refractivity contribution in [3.05, 3.63) is 50.5 Å². The van der Waals surface area contributed by atoms with Crippen molar-refractivity contribution in [2.24, 2.45) is 0 Å². The number of carbonyl (C=O) groups is 2. The van der Waals surface area contributed by atoms with E-state index in [2.05, 4.69) is 10.9 Å². The lowest BCUT2D eigenvalue weighted by molar-refractivity contribution is -0.388. The van der Waals surface area contributed by atoms with Crippen molar-refractivity contribution in [1.29, 1.82) is 0 Å². The Morgan fingerprint density at radius 2 is 1.85 bits per heavy atom. The smallest absolute Gasteiger partial charge is 0.343 e. The number of carbonyl (C=O) groups excluding carboxylic acids is 2. The zero-order chi connectivity index (χ0) is 20.0. The first-order valence-corrected chi connectivity index (χ1v) is 7.34. The molecule has 1 aromatic rings. The van der Waals surface area contributed by atoms with Crippen LogP contribution in [0.1, 0.15) is 29.3 Å². The van der Waals surface area contributed by atoms with Gasteiger partial charge in [-0.05, 0) is 13.3 Å². The minimum Gasteiger partial charge on any atom is -0.462 e. The molecule has 0 aliphatic heterocycles. The number of benzene rings is 1. The SMILES string of the molecule is CCCOC(=O)/C(=C/NNC)C(=O)c1c(F)c(C)c(F)c(F)c1[N+](=O)[O-]. The van der Waals surface area contributed by atoms with Gasteiger partial charge in [0.2, 0.25) is 11.6 Å². The van der Waals surface area contributed by atoms with E-state index in [9.17, 15) is 32.9 Å².